The third-order valence-corrected chi connectivity index (χ3v) is 5.37. The summed E-state index contributed by atoms with van der Waals surface area (Å²) in [6.07, 6.45) is 7.55. The Labute approximate surface area is 137 Å². The third kappa shape index (κ3) is 2.46. The van der Waals surface area contributed by atoms with Gasteiger partial charge >= 0.3 is 0 Å². The van der Waals surface area contributed by atoms with Gasteiger partial charge in [-0.2, -0.15) is 0 Å². The van der Waals surface area contributed by atoms with E-state index in [0.29, 0.717) is 18.4 Å². The number of aliphatic imine (C=N–C) groups is 1. The molecular weight excluding hydrogens is 315 g/mol. The number of thioether (sulfide) groups is 1. The van der Waals surface area contributed by atoms with Crippen LogP contribution in [0.1, 0.15) is 12.6 Å². The summed E-state index contributed by atoms with van der Waals surface area (Å²) in [6.45, 7) is 3.42. The van der Waals surface area contributed by atoms with Crippen molar-refractivity contribution in [3.05, 3.63) is 42.5 Å². The molecule has 0 saturated carbocycles. The van der Waals surface area contributed by atoms with Crippen LogP contribution < -0.4 is 4.90 Å². The van der Waals surface area contributed by atoms with Crippen LogP contribution >= 0.6 is 11.8 Å². The second kappa shape index (κ2) is 5.52. The summed E-state index contributed by atoms with van der Waals surface area (Å²) < 4.78 is 13.1. The van der Waals surface area contributed by atoms with Crippen molar-refractivity contribution in [1.29, 1.82) is 0 Å². The summed E-state index contributed by atoms with van der Waals surface area (Å²) in [7, 11) is 0. The Bertz CT molecular complexity index is 737. The SMILES string of the molecule is CC1=N[C@@]2(c3cnccn3)CN(c3ncc(F)cn3)C[C@H]2CS1. The van der Waals surface area contributed by atoms with Crippen molar-refractivity contribution in [3.8, 4) is 0 Å². The molecule has 6 nitrogen and oxygen atoms in total. The molecule has 1 saturated heterocycles. The number of rotatable bonds is 2. The van der Waals surface area contributed by atoms with Gasteiger partial charge in [-0.05, 0) is 6.92 Å². The topological polar surface area (TPSA) is 67.2 Å². The van der Waals surface area contributed by atoms with E-state index in [2.05, 4.69) is 24.8 Å². The van der Waals surface area contributed by atoms with Gasteiger partial charge in [-0.1, -0.05) is 0 Å². The molecule has 2 atom stereocenters. The maximum atomic E-state index is 13.1. The molecule has 118 valence electrons. The van der Waals surface area contributed by atoms with Gasteiger partial charge in [-0.15, -0.1) is 11.8 Å². The van der Waals surface area contributed by atoms with E-state index < -0.39 is 11.4 Å². The number of nitrogens with zero attached hydrogens (tertiary/aromatic N) is 6. The second-order valence-electron chi connectivity index (χ2n) is 5.74. The molecule has 2 aromatic heterocycles. The molecule has 0 N–H and O–H groups in total. The highest BCUT2D eigenvalue weighted by Crippen LogP contribution is 2.45. The van der Waals surface area contributed by atoms with Gasteiger partial charge in [0.05, 0.1) is 35.9 Å². The van der Waals surface area contributed by atoms with Gasteiger partial charge in [0, 0.05) is 30.6 Å². The molecule has 2 aliphatic heterocycles. The Morgan fingerprint density at radius 2 is 2.04 bits per heavy atom. The summed E-state index contributed by atoms with van der Waals surface area (Å²) in [5.41, 5.74) is 0.440. The molecule has 0 bridgehead atoms. The number of fused-ring (bicyclic) bond motifs is 1. The number of hydrogen-bond acceptors (Lipinski definition) is 7. The Morgan fingerprint density at radius 3 is 2.78 bits per heavy atom. The van der Waals surface area contributed by atoms with Crippen molar-refractivity contribution in [1.82, 2.24) is 19.9 Å². The summed E-state index contributed by atoms with van der Waals surface area (Å²) in [6, 6.07) is 0. The lowest BCUT2D eigenvalue weighted by Gasteiger charge is -2.33. The molecule has 8 heteroatoms. The average Bonchev–Trinajstić information content (AvgIpc) is 2.96. The minimum Gasteiger partial charge on any atom is -0.338 e. The van der Waals surface area contributed by atoms with Gasteiger partial charge in [0.1, 0.15) is 5.54 Å². The van der Waals surface area contributed by atoms with E-state index in [1.807, 2.05) is 6.92 Å². The Morgan fingerprint density at radius 1 is 1.22 bits per heavy atom. The lowest BCUT2D eigenvalue weighted by molar-refractivity contribution is 0.376. The average molecular weight is 330 g/mol. The first-order chi connectivity index (χ1) is 11.2. The van der Waals surface area contributed by atoms with Gasteiger partial charge < -0.3 is 4.90 Å². The van der Waals surface area contributed by atoms with Gasteiger partial charge in [0.15, 0.2) is 5.82 Å². The Kier molecular flexibility index (Phi) is 3.48. The van der Waals surface area contributed by atoms with E-state index in [1.165, 1.54) is 12.4 Å². The number of anilines is 1. The van der Waals surface area contributed by atoms with Crippen molar-refractivity contribution >= 4 is 22.8 Å². The fourth-order valence-corrected chi connectivity index (χ4v) is 4.30. The highest BCUT2D eigenvalue weighted by Gasteiger charge is 2.51. The monoisotopic (exact) mass is 330 g/mol. The zero-order valence-corrected chi connectivity index (χ0v) is 13.4. The molecule has 2 aliphatic rings. The third-order valence-electron chi connectivity index (χ3n) is 4.29. The molecule has 4 rings (SSSR count). The van der Waals surface area contributed by atoms with E-state index in [9.17, 15) is 4.39 Å². The minimum atomic E-state index is -0.432. The van der Waals surface area contributed by atoms with Crippen LogP contribution in [0.2, 0.25) is 0 Å². The Balaban J connectivity index is 1.75. The zero-order valence-electron chi connectivity index (χ0n) is 12.6. The first-order valence-electron chi connectivity index (χ1n) is 7.35. The fraction of sp³-hybridized carbons (Fsp3) is 0.400. The van der Waals surface area contributed by atoms with Crippen molar-refractivity contribution in [2.24, 2.45) is 10.9 Å². The summed E-state index contributed by atoms with van der Waals surface area (Å²) in [5.74, 6) is 1.35. The molecule has 23 heavy (non-hydrogen) atoms. The first kappa shape index (κ1) is 14.5. The second-order valence-corrected chi connectivity index (χ2v) is 6.95. The van der Waals surface area contributed by atoms with Crippen molar-refractivity contribution < 1.29 is 4.39 Å². The van der Waals surface area contributed by atoms with E-state index >= 15 is 0 Å². The summed E-state index contributed by atoms with van der Waals surface area (Å²) in [4.78, 5) is 23.9. The number of halogens is 1. The maximum absolute atomic E-state index is 13.1. The zero-order chi connectivity index (χ0) is 15.9. The quantitative estimate of drug-likeness (QED) is 0.838. The van der Waals surface area contributed by atoms with E-state index in [0.717, 1.165) is 23.0 Å². The van der Waals surface area contributed by atoms with Crippen LogP contribution in [0.15, 0.2) is 36.0 Å². The van der Waals surface area contributed by atoms with Gasteiger partial charge in [0.25, 0.3) is 0 Å². The number of aromatic nitrogens is 4. The molecular formula is C15H15FN6S. The van der Waals surface area contributed by atoms with Crippen molar-refractivity contribution in [2.75, 3.05) is 23.7 Å². The molecule has 0 spiro atoms. The molecule has 0 unspecified atom stereocenters. The van der Waals surface area contributed by atoms with Crippen LogP contribution in [0.5, 0.6) is 0 Å². The van der Waals surface area contributed by atoms with E-state index in [4.69, 9.17) is 4.99 Å². The molecule has 0 aliphatic carbocycles. The molecule has 4 heterocycles. The predicted octanol–water partition coefficient (Wildman–Crippen LogP) is 1.90. The first-order valence-corrected chi connectivity index (χ1v) is 8.34. The lowest BCUT2D eigenvalue weighted by Crippen LogP contribution is -2.39. The minimum absolute atomic E-state index is 0.293. The van der Waals surface area contributed by atoms with E-state index in [1.54, 1.807) is 30.4 Å². The summed E-state index contributed by atoms with van der Waals surface area (Å²) >= 11 is 1.76. The number of hydrogen-bond donors (Lipinski definition) is 0. The molecule has 1 fully saturated rings. The van der Waals surface area contributed by atoms with Gasteiger partial charge in [-0.25, -0.2) is 14.4 Å². The lowest BCUT2D eigenvalue weighted by atomic mass is 9.85. The molecule has 2 aromatic rings. The standard InChI is InChI=1S/C15H15FN6S/c1-10-21-15(13-6-17-2-3-18-13)9-22(7-11(15)8-23-10)14-19-4-12(16)5-20-14/h2-6,11H,7-9H2,1H3/t11-,15-/m0/s1. The molecule has 0 amide bonds. The van der Waals surface area contributed by atoms with Crippen LogP contribution in [-0.4, -0.2) is 43.8 Å². The normalized spacial score (nSPS) is 26.8. The maximum Gasteiger partial charge on any atom is 0.225 e. The largest absolute Gasteiger partial charge is 0.338 e. The van der Waals surface area contributed by atoms with Gasteiger partial charge in [-0.3, -0.25) is 15.0 Å². The highest BCUT2D eigenvalue weighted by atomic mass is 32.2. The van der Waals surface area contributed by atoms with E-state index in [-0.39, 0.29) is 0 Å². The van der Waals surface area contributed by atoms with Crippen molar-refractivity contribution in [2.45, 2.75) is 12.5 Å². The highest BCUT2D eigenvalue weighted by molar-refractivity contribution is 8.13. The van der Waals surface area contributed by atoms with Crippen LogP contribution in [0.25, 0.3) is 0 Å². The van der Waals surface area contributed by atoms with Crippen LogP contribution in [0.4, 0.5) is 10.3 Å². The Hall–Kier alpha value is -2.09. The van der Waals surface area contributed by atoms with Crippen molar-refractivity contribution in [3.63, 3.8) is 0 Å². The molecule has 0 radical (unpaired) electrons. The van der Waals surface area contributed by atoms with Crippen LogP contribution in [0.3, 0.4) is 0 Å². The predicted molar refractivity (Wildman–Crippen MR) is 87.0 cm³/mol. The molecule has 0 aromatic carbocycles. The smallest absolute Gasteiger partial charge is 0.225 e. The summed E-state index contributed by atoms with van der Waals surface area (Å²) in [5, 5.41) is 1.05. The van der Waals surface area contributed by atoms with Crippen LogP contribution in [0, 0.1) is 11.7 Å². The van der Waals surface area contributed by atoms with Crippen LogP contribution in [-0.2, 0) is 5.54 Å². The fourth-order valence-electron chi connectivity index (χ4n) is 3.24. The van der Waals surface area contributed by atoms with Gasteiger partial charge in [0.2, 0.25) is 5.95 Å².